The summed E-state index contributed by atoms with van der Waals surface area (Å²) in [6.45, 7) is 6.35. The molecule has 0 aliphatic carbocycles. The molecular formula is C21H20N4O3. The number of benzene rings is 2. The van der Waals surface area contributed by atoms with Crippen molar-refractivity contribution in [2.45, 2.75) is 27.2 Å². The molecule has 0 spiro atoms. The number of nitro groups is 1. The number of nitriles is 1. The molecule has 7 heteroatoms. The van der Waals surface area contributed by atoms with Gasteiger partial charge in [0, 0.05) is 6.07 Å². The Kier molecular flexibility index (Phi) is 5.41. The van der Waals surface area contributed by atoms with E-state index in [2.05, 4.69) is 16.0 Å². The van der Waals surface area contributed by atoms with E-state index in [4.69, 9.17) is 4.74 Å². The van der Waals surface area contributed by atoms with Crippen molar-refractivity contribution in [3.8, 4) is 11.8 Å². The second-order valence-electron chi connectivity index (χ2n) is 6.54. The maximum absolute atomic E-state index is 11.4. The molecule has 0 saturated heterocycles. The lowest BCUT2D eigenvalue weighted by molar-refractivity contribution is -0.385. The first-order valence-corrected chi connectivity index (χ1v) is 8.93. The topological polar surface area (TPSA) is 105 Å². The molecule has 0 atom stereocenters. The number of hydrogen-bond donors (Lipinski definition) is 1. The van der Waals surface area contributed by atoms with Gasteiger partial charge in [-0.25, -0.2) is 4.98 Å². The minimum atomic E-state index is -0.485. The van der Waals surface area contributed by atoms with E-state index in [0.29, 0.717) is 23.6 Å². The summed E-state index contributed by atoms with van der Waals surface area (Å²) in [6, 6.07) is 10.7. The van der Waals surface area contributed by atoms with E-state index < -0.39 is 4.92 Å². The smallest absolute Gasteiger partial charge is 0.311 e. The lowest BCUT2D eigenvalue weighted by Crippen LogP contribution is -1.99. The van der Waals surface area contributed by atoms with Crippen LogP contribution in [0.2, 0.25) is 0 Å². The number of hydrogen-bond acceptors (Lipinski definition) is 5. The highest BCUT2D eigenvalue weighted by molar-refractivity contribution is 5.91. The molecule has 0 amide bonds. The van der Waals surface area contributed by atoms with Gasteiger partial charge in [-0.05, 0) is 61.2 Å². The first-order valence-electron chi connectivity index (χ1n) is 8.93. The monoisotopic (exact) mass is 376 g/mol. The molecule has 7 nitrogen and oxygen atoms in total. The molecule has 142 valence electrons. The highest BCUT2D eigenvalue weighted by atomic mass is 16.6. The predicted octanol–water partition coefficient (Wildman–Crippen LogP) is 4.94. The van der Waals surface area contributed by atoms with Crippen molar-refractivity contribution in [3.05, 3.63) is 63.0 Å². The largest absolute Gasteiger partial charge is 0.487 e. The van der Waals surface area contributed by atoms with Gasteiger partial charge >= 0.3 is 5.69 Å². The zero-order valence-electron chi connectivity index (χ0n) is 15.9. The van der Waals surface area contributed by atoms with Crippen LogP contribution in [0.4, 0.5) is 5.69 Å². The molecule has 0 radical (unpaired) electrons. The summed E-state index contributed by atoms with van der Waals surface area (Å²) < 4.78 is 5.43. The van der Waals surface area contributed by atoms with Crippen molar-refractivity contribution in [2.24, 2.45) is 0 Å². The van der Waals surface area contributed by atoms with Gasteiger partial charge in [-0.15, -0.1) is 0 Å². The van der Waals surface area contributed by atoms with E-state index in [-0.39, 0.29) is 11.4 Å². The normalized spacial score (nSPS) is 11.4. The number of allylic oxidation sites excluding steroid dienone is 1. The number of fused-ring (bicyclic) bond motifs is 1. The summed E-state index contributed by atoms with van der Waals surface area (Å²) in [7, 11) is 0. The second kappa shape index (κ2) is 7.92. The van der Waals surface area contributed by atoms with Crippen LogP contribution in [0, 0.1) is 35.3 Å². The second-order valence-corrected chi connectivity index (χ2v) is 6.54. The van der Waals surface area contributed by atoms with Crippen molar-refractivity contribution < 1.29 is 9.66 Å². The Morgan fingerprint density at radius 3 is 2.75 bits per heavy atom. The first kappa shape index (κ1) is 19.1. The van der Waals surface area contributed by atoms with Crippen LogP contribution in [0.1, 0.15) is 35.9 Å². The summed E-state index contributed by atoms with van der Waals surface area (Å²) in [6.07, 6.45) is 2.33. The third-order valence-electron chi connectivity index (χ3n) is 4.43. The standard InChI is InChI=1S/C21H20N4O3/c1-4-7-28-20-6-5-15(11-19(20)25(26)27)10-16(12-22)21-23-17-8-13(2)14(3)9-18(17)24-21/h5-6,8-11H,4,7H2,1-3H3,(H,23,24)/b16-10-. The van der Waals surface area contributed by atoms with E-state index >= 15 is 0 Å². The van der Waals surface area contributed by atoms with Gasteiger partial charge in [-0.1, -0.05) is 13.0 Å². The van der Waals surface area contributed by atoms with Crippen LogP contribution < -0.4 is 4.74 Å². The van der Waals surface area contributed by atoms with Gasteiger partial charge in [-0.2, -0.15) is 5.26 Å². The third kappa shape index (κ3) is 3.86. The van der Waals surface area contributed by atoms with Crippen LogP contribution in [0.3, 0.4) is 0 Å². The minimum Gasteiger partial charge on any atom is -0.487 e. The van der Waals surface area contributed by atoms with E-state index in [1.165, 1.54) is 6.07 Å². The summed E-state index contributed by atoms with van der Waals surface area (Å²) >= 11 is 0. The maximum atomic E-state index is 11.4. The van der Waals surface area contributed by atoms with Crippen LogP contribution >= 0.6 is 0 Å². The third-order valence-corrected chi connectivity index (χ3v) is 4.43. The Bertz CT molecular complexity index is 1080. The Labute approximate surface area is 162 Å². The lowest BCUT2D eigenvalue weighted by atomic mass is 10.1. The molecule has 0 fully saturated rings. The zero-order valence-corrected chi connectivity index (χ0v) is 15.9. The molecule has 28 heavy (non-hydrogen) atoms. The Balaban J connectivity index is 2.02. The van der Waals surface area contributed by atoms with Crippen LogP contribution in [-0.2, 0) is 0 Å². The average Bonchev–Trinajstić information content (AvgIpc) is 3.07. The molecule has 0 bridgehead atoms. The van der Waals surface area contributed by atoms with Gasteiger partial charge in [0.15, 0.2) is 5.75 Å². The molecule has 0 saturated carbocycles. The zero-order chi connectivity index (χ0) is 20.3. The highest BCUT2D eigenvalue weighted by Crippen LogP contribution is 2.30. The summed E-state index contributed by atoms with van der Waals surface area (Å²) in [5.74, 6) is 0.647. The van der Waals surface area contributed by atoms with Crippen molar-refractivity contribution in [1.82, 2.24) is 9.97 Å². The van der Waals surface area contributed by atoms with Gasteiger partial charge in [0.2, 0.25) is 0 Å². The fourth-order valence-electron chi connectivity index (χ4n) is 2.82. The van der Waals surface area contributed by atoms with Crippen LogP contribution in [-0.4, -0.2) is 21.5 Å². The number of nitrogens with one attached hydrogen (secondary N) is 1. The number of imidazole rings is 1. The van der Waals surface area contributed by atoms with Gasteiger partial charge in [-0.3, -0.25) is 10.1 Å². The molecule has 1 N–H and O–H groups in total. The van der Waals surface area contributed by atoms with Crippen molar-refractivity contribution >= 4 is 28.4 Å². The Hall–Kier alpha value is -3.66. The summed E-state index contributed by atoms with van der Waals surface area (Å²) in [5.41, 5.74) is 4.55. The lowest BCUT2D eigenvalue weighted by Gasteiger charge is -2.06. The Morgan fingerprint density at radius 2 is 2.07 bits per heavy atom. The van der Waals surface area contributed by atoms with Crippen molar-refractivity contribution in [1.29, 1.82) is 5.26 Å². The van der Waals surface area contributed by atoms with E-state index in [1.807, 2.05) is 32.9 Å². The van der Waals surface area contributed by atoms with Gasteiger partial charge in [0.05, 0.1) is 28.1 Å². The highest BCUT2D eigenvalue weighted by Gasteiger charge is 2.16. The molecule has 1 aromatic heterocycles. The molecule has 0 unspecified atom stereocenters. The molecule has 0 aliphatic heterocycles. The van der Waals surface area contributed by atoms with Gasteiger partial charge in [0.1, 0.15) is 11.9 Å². The SMILES string of the molecule is CCCOc1ccc(/C=C(/C#N)c2nc3cc(C)c(C)cc3[nH]2)cc1[N+](=O)[O-]. The van der Waals surface area contributed by atoms with E-state index in [9.17, 15) is 15.4 Å². The number of nitro benzene ring substituents is 1. The first-order chi connectivity index (χ1) is 13.4. The molecule has 0 aliphatic rings. The average molecular weight is 376 g/mol. The minimum absolute atomic E-state index is 0.129. The maximum Gasteiger partial charge on any atom is 0.311 e. The number of H-pyrrole nitrogens is 1. The summed E-state index contributed by atoms with van der Waals surface area (Å²) in [4.78, 5) is 18.5. The molecule has 1 heterocycles. The Morgan fingerprint density at radius 1 is 1.32 bits per heavy atom. The molecule has 2 aromatic carbocycles. The number of rotatable bonds is 6. The van der Waals surface area contributed by atoms with E-state index in [1.54, 1.807) is 18.2 Å². The molecule has 3 rings (SSSR count). The molecule has 3 aromatic rings. The molecular weight excluding hydrogens is 356 g/mol. The van der Waals surface area contributed by atoms with Gasteiger partial charge < -0.3 is 9.72 Å². The number of aromatic nitrogens is 2. The van der Waals surface area contributed by atoms with Crippen LogP contribution in [0.5, 0.6) is 5.75 Å². The fourth-order valence-corrected chi connectivity index (χ4v) is 2.82. The van der Waals surface area contributed by atoms with Gasteiger partial charge in [0.25, 0.3) is 0 Å². The van der Waals surface area contributed by atoms with Crippen molar-refractivity contribution in [2.75, 3.05) is 6.61 Å². The predicted molar refractivity (Wildman–Crippen MR) is 108 cm³/mol. The van der Waals surface area contributed by atoms with Crippen LogP contribution in [0.15, 0.2) is 30.3 Å². The van der Waals surface area contributed by atoms with Crippen molar-refractivity contribution in [3.63, 3.8) is 0 Å². The number of aromatic amines is 1. The quantitative estimate of drug-likeness (QED) is 0.373. The summed E-state index contributed by atoms with van der Waals surface area (Å²) in [5, 5.41) is 21.0. The number of nitrogens with zero attached hydrogens (tertiary/aromatic N) is 3. The number of aryl methyl sites for hydroxylation is 2. The van der Waals surface area contributed by atoms with Crippen LogP contribution in [0.25, 0.3) is 22.7 Å². The number of ether oxygens (including phenoxy) is 1. The fraction of sp³-hybridized carbons (Fsp3) is 0.238. The van der Waals surface area contributed by atoms with E-state index in [0.717, 1.165) is 28.6 Å².